The Morgan fingerprint density at radius 3 is 2.54 bits per heavy atom. The predicted molar refractivity (Wildman–Crippen MR) is 112 cm³/mol. The Morgan fingerprint density at radius 2 is 1.82 bits per heavy atom. The van der Waals surface area contributed by atoms with E-state index in [0.717, 1.165) is 22.4 Å². The zero-order valence-corrected chi connectivity index (χ0v) is 16.5. The van der Waals surface area contributed by atoms with Crippen molar-refractivity contribution < 1.29 is 9.21 Å². The van der Waals surface area contributed by atoms with Gasteiger partial charge in [0.2, 0.25) is 0 Å². The van der Waals surface area contributed by atoms with Gasteiger partial charge in [-0.2, -0.15) is 0 Å². The molecule has 142 valence electrons. The number of nitrogens with zero attached hydrogens (tertiary/aromatic N) is 1. The Labute approximate surface area is 168 Å². The van der Waals surface area contributed by atoms with Crippen molar-refractivity contribution in [1.82, 2.24) is 9.88 Å². The standard InChI is InChI=1S/C23H21ClN2O2/c1-15-12-20-22(28-15)13-21(26(20)14-17-8-10-19(24)11-9-17)23(27)25-16(2)18-6-4-3-5-7-18/h3-13,16H,14H2,1-2H3,(H,25,27). The molecule has 2 aromatic carbocycles. The molecular weight excluding hydrogens is 372 g/mol. The van der Waals surface area contributed by atoms with Crippen molar-refractivity contribution in [3.63, 3.8) is 0 Å². The summed E-state index contributed by atoms with van der Waals surface area (Å²) in [4.78, 5) is 13.1. The fraction of sp³-hybridized carbons (Fsp3) is 0.174. The average molecular weight is 393 g/mol. The van der Waals surface area contributed by atoms with Crippen LogP contribution in [0.3, 0.4) is 0 Å². The molecule has 4 nitrogen and oxygen atoms in total. The molecule has 0 bridgehead atoms. The molecule has 0 saturated heterocycles. The zero-order chi connectivity index (χ0) is 19.7. The van der Waals surface area contributed by atoms with E-state index in [1.807, 2.05) is 85.1 Å². The number of rotatable bonds is 5. The van der Waals surface area contributed by atoms with Crippen LogP contribution < -0.4 is 5.32 Å². The van der Waals surface area contributed by atoms with Crippen LogP contribution in [-0.2, 0) is 6.54 Å². The number of carbonyl (C=O) groups excluding carboxylic acids is 1. The molecule has 1 unspecified atom stereocenters. The van der Waals surface area contributed by atoms with Crippen LogP contribution in [0.25, 0.3) is 11.1 Å². The lowest BCUT2D eigenvalue weighted by atomic mass is 10.1. The number of amides is 1. The summed E-state index contributed by atoms with van der Waals surface area (Å²) in [5, 5.41) is 3.78. The summed E-state index contributed by atoms with van der Waals surface area (Å²) in [6.07, 6.45) is 0. The first-order valence-corrected chi connectivity index (χ1v) is 9.59. The van der Waals surface area contributed by atoms with E-state index >= 15 is 0 Å². The van der Waals surface area contributed by atoms with Gasteiger partial charge in [0, 0.05) is 23.7 Å². The number of nitrogens with one attached hydrogen (secondary N) is 1. The number of carbonyl (C=O) groups is 1. The van der Waals surface area contributed by atoms with Gasteiger partial charge in [0.15, 0.2) is 5.58 Å². The number of hydrogen-bond acceptors (Lipinski definition) is 2. The Bertz CT molecular complexity index is 1110. The van der Waals surface area contributed by atoms with E-state index in [9.17, 15) is 4.79 Å². The van der Waals surface area contributed by atoms with Crippen molar-refractivity contribution in [2.24, 2.45) is 0 Å². The Balaban J connectivity index is 1.66. The minimum Gasteiger partial charge on any atom is -0.460 e. The smallest absolute Gasteiger partial charge is 0.268 e. The van der Waals surface area contributed by atoms with Gasteiger partial charge in [-0.25, -0.2) is 0 Å². The topological polar surface area (TPSA) is 47.2 Å². The van der Waals surface area contributed by atoms with E-state index in [1.54, 1.807) is 0 Å². The van der Waals surface area contributed by atoms with E-state index in [2.05, 4.69) is 5.32 Å². The molecule has 1 N–H and O–H groups in total. The van der Waals surface area contributed by atoms with Crippen LogP contribution in [-0.4, -0.2) is 10.5 Å². The van der Waals surface area contributed by atoms with Gasteiger partial charge in [0.25, 0.3) is 5.91 Å². The quantitative estimate of drug-likeness (QED) is 0.471. The maximum absolute atomic E-state index is 13.1. The minimum absolute atomic E-state index is 0.0966. The molecule has 4 rings (SSSR count). The second-order valence-corrected chi connectivity index (χ2v) is 7.39. The Morgan fingerprint density at radius 1 is 1.11 bits per heavy atom. The third-order valence-electron chi connectivity index (χ3n) is 4.85. The molecule has 0 spiro atoms. The summed E-state index contributed by atoms with van der Waals surface area (Å²) in [5.41, 5.74) is 4.32. The molecule has 28 heavy (non-hydrogen) atoms. The summed E-state index contributed by atoms with van der Waals surface area (Å²) in [6, 6.07) is 21.2. The minimum atomic E-state index is -0.130. The molecule has 0 saturated carbocycles. The van der Waals surface area contributed by atoms with Crippen LogP contribution in [0.1, 0.15) is 40.3 Å². The lowest BCUT2D eigenvalue weighted by Crippen LogP contribution is -2.28. The monoisotopic (exact) mass is 392 g/mol. The number of aromatic nitrogens is 1. The highest BCUT2D eigenvalue weighted by molar-refractivity contribution is 6.30. The average Bonchev–Trinajstić information content (AvgIpc) is 3.21. The van der Waals surface area contributed by atoms with Gasteiger partial charge < -0.3 is 14.3 Å². The number of furan rings is 1. The third kappa shape index (κ3) is 3.69. The number of benzene rings is 2. The van der Waals surface area contributed by atoms with Gasteiger partial charge >= 0.3 is 0 Å². The summed E-state index contributed by atoms with van der Waals surface area (Å²) >= 11 is 6.00. The van der Waals surface area contributed by atoms with Gasteiger partial charge in [-0.15, -0.1) is 0 Å². The highest BCUT2D eigenvalue weighted by atomic mass is 35.5. The van der Waals surface area contributed by atoms with Crippen LogP contribution in [0.4, 0.5) is 0 Å². The SMILES string of the molecule is Cc1cc2c(cc(C(=O)NC(C)c3ccccc3)n2Cc2ccc(Cl)cc2)o1. The van der Waals surface area contributed by atoms with E-state index in [-0.39, 0.29) is 11.9 Å². The second kappa shape index (κ2) is 7.56. The lowest BCUT2D eigenvalue weighted by Gasteiger charge is -2.16. The van der Waals surface area contributed by atoms with Gasteiger partial charge in [-0.1, -0.05) is 54.1 Å². The van der Waals surface area contributed by atoms with Crippen molar-refractivity contribution in [2.75, 3.05) is 0 Å². The number of halogens is 1. The fourth-order valence-corrected chi connectivity index (χ4v) is 3.52. The molecular formula is C23H21ClN2O2. The highest BCUT2D eigenvalue weighted by Crippen LogP contribution is 2.26. The third-order valence-corrected chi connectivity index (χ3v) is 5.10. The molecule has 1 atom stereocenters. The van der Waals surface area contributed by atoms with E-state index < -0.39 is 0 Å². The molecule has 2 heterocycles. The van der Waals surface area contributed by atoms with E-state index in [4.69, 9.17) is 16.0 Å². The summed E-state index contributed by atoms with van der Waals surface area (Å²) in [7, 11) is 0. The Kier molecular flexibility index (Phi) is 4.97. The van der Waals surface area contributed by atoms with E-state index in [1.165, 1.54) is 0 Å². The van der Waals surface area contributed by atoms with Crippen LogP contribution in [0.15, 0.2) is 71.1 Å². The normalized spacial score (nSPS) is 12.2. The zero-order valence-electron chi connectivity index (χ0n) is 15.8. The van der Waals surface area contributed by atoms with Crippen molar-refractivity contribution in [3.05, 3.63) is 94.3 Å². The van der Waals surface area contributed by atoms with Gasteiger partial charge in [-0.05, 0) is 37.1 Å². The summed E-state index contributed by atoms with van der Waals surface area (Å²) in [5.74, 6) is 0.689. The molecule has 0 aliphatic heterocycles. The summed E-state index contributed by atoms with van der Waals surface area (Å²) in [6.45, 7) is 4.44. The fourth-order valence-electron chi connectivity index (χ4n) is 3.39. The van der Waals surface area contributed by atoms with Crippen LogP contribution in [0, 0.1) is 6.92 Å². The number of hydrogen-bond donors (Lipinski definition) is 1. The lowest BCUT2D eigenvalue weighted by molar-refractivity contribution is 0.0931. The number of fused-ring (bicyclic) bond motifs is 1. The first-order valence-electron chi connectivity index (χ1n) is 9.21. The molecule has 0 fully saturated rings. The predicted octanol–water partition coefficient (Wildman–Crippen LogP) is 5.74. The van der Waals surface area contributed by atoms with Gasteiger partial charge in [-0.3, -0.25) is 4.79 Å². The maximum Gasteiger partial charge on any atom is 0.268 e. The molecule has 5 heteroatoms. The van der Waals surface area contributed by atoms with Gasteiger partial charge in [0.1, 0.15) is 11.5 Å². The van der Waals surface area contributed by atoms with Crippen molar-refractivity contribution in [3.8, 4) is 0 Å². The molecule has 0 aliphatic carbocycles. The second-order valence-electron chi connectivity index (χ2n) is 6.95. The number of aryl methyl sites for hydroxylation is 1. The molecule has 4 aromatic rings. The first-order chi connectivity index (χ1) is 13.5. The van der Waals surface area contributed by atoms with Crippen LogP contribution in [0.5, 0.6) is 0 Å². The van der Waals surface area contributed by atoms with Gasteiger partial charge in [0.05, 0.1) is 11.6 Å². The van der Waals surface area contributed by atoms with Crippen molar-refractivity contribution in [2.45, 2.75) is 26.4 Å². The molecule has 0 aliphatic rings. The van der Waals surface area contributed by atoms with Crippen LogP contribution in [0.2, 0.25) is 5.02 Å². The molecule has 2 aromatic heterocycles. The maximum atomic E-state index is 13.1. The Hall–Kier alpha value is -2.98. The molecule has 1 amide bonds. The van der Waals surface area contributed by atoms with Crippen LogP contribution >= 0.6 is 11.6 Å². The largest absolute Gasteiger partial charge is 0.460 e. The summed E-state index contributed by atoms with van der Waals surface area (Å²) < 4.78 is 7.75. The van der Waals surface area contributed by atoms with Crippen molar-refractivity contribution in [1.29, 1.82) is 0 Å². The first kappa shape index (κ1) is 18.4. The van der Waals surface area contributed by atoms with Crippen molar-refractivity contribution >= 4 is 28.6 Å². The van der Waals surface area contributed by atoms with E-state index in [0.29, 0.717) is 22.8 Å². The highest BCUT2D eigenvalue weighted by Gasteiger charge is 2.20. The molecule has 0 radical (unpaired) electrons.